The van der Waals surface area contributed by atoms with Crippen molar-refractivity contribution in [2.24, 2.45) is 5.92 Å². The largest absolute Gasteiger partial charge is 0.378 e. The van der Waals surface area contributed by atoms with E-state index in [1.165, 1.54) is 11.1 Å². The van der Waals surface area contributed by atoms with Gasteiger partial charge < -0.3 is 4.74 Å². The van der Waals surface area contributed by atoms with Crippen LogP contribution in [0.15, 0.2) is 18.2 Å². The Hall–Kier alpha value is -1.15. The van der Waals surface area contributed by atoms with Crippen LogP contribution in [0.3, 0.4) is 0 Å². The zero-order valence-corrected chi connectivity index (χ0v) is 12.3. The van der Waals surface area contributed by atoms with Gasteiger partial charge in [0.25, 0.3) is 0 Å². The topological polar surface area (TPSA) is 26.3 Å². The van der Waals surface area contributed by atoms with E-state index in [0.717, 1.165) is 12.0 Å². The van der Waals surface area contributed by atoms with Gasteiger partial charge in [0.15, 0.2) is 5.78 Å². The molecule has 0 aromatic heterocycles. The molecule has 0 amide bonds. The molecule has 0 heterocycles. The van der Waals surface area contributed by atoms with E-state index in [4.69, 9.17) is 4.74 Å². The molecule has 0 spiro atoms. The minimum absolute atomic E-state index is 0.0380. The molecule has 18 heavy (non-hydrogen) atoms. The smallest absolute Gasteiger partial charge is 0.165 e. The van der Waals surface area contributed by atoms with Gasteiger partial charge in [0.05, 0.1) is 5.60 Å². The molecular weight excluding hydrogens is 224 g/mol. The highest BCUT2D eigenvalue weighted by atomic mass is 16.5. The Kier molecular flexibility index (Phi) is 4.69. The first-order chi connectivity index (χ1) is 8.26. The summed E-state index contributed by atoms with van der Waals surface area (Å²) in [5, 5.41) is 0. The minimum atomic E-state index is -0.204. The third-order valence-corrected chi connectivity index (χ3v) is 3.33. The van der Waals surface area contributed by atoms with Gasteiger partial charge in [0.2, 0.25) is 0 Å². The molecule has 0 N–H and O–H groups in total. The highest BCUT2D eigenvalue weighted by Gasteiger charge is 2.19. The lowest BCUT2D eigenvalue weighted by Crippen LogP contribution is -2.26. The molecule has 0 aliphatic carbocycles. The van der Waals surface area contributed by atoms with Gasteiger partial charge >= 0.3 is 0 Å². The Balaban J connectivity index is 3.06. The fourth-order valence-electron chi connectivity index (χ4n) is 1.88. The molecule has 0 radical (unpaired) electrons. The van der Waals surface area contributed by atoms with Crippen LogP contribution in [0.1, 0.15) is 49.2 Å². The van der Waals surface area contributed by atoms with Crippen LogP contribution >= 0.6 is 0 Å². The van der Waals surface area contributed by atoms with E-state index in [1.54, 1.807) is 7.11 Å². The number of aryl methyl sites for hydroxylation is 1. The molecule has 0 bridgehead atoms. The van der Waals surface area contributed by atoms with E-state index in [9.17, 15) is 4.79 Å². The number of ether oxygens (including phenoxy) is 1. The number of methoxy groups -OCH3 is 1. The summed E-state index contributed by atoms with van der Waals surface area (Å²) in [4.78, 5) is 12.0. The first kappa shape index (κ1) is 14.9. The number of carbonyl (C=O) groups excluding carboxylic acids is 1. The first-order valence-corrected chi connectivity index (χ1v) is 6.46. The van der Waals surface area contributed by atoms with Crippen LogP contribution in [-0.4, -0.2) is 18.5 Å². The van der Waals surface area contributed by atoms with Gasteiger partial charge in [-0.1, -0.05) is 26.0 Å². The van der Waals surface area contributed by atoms with E-state index in [-0.39, 0.29) is 17.3 Å². The van der Waals surface area contributed by atoms with Crippen molar-refractivity contribution >= 4 is 5.78 Å². The molecular formula is C16H24O2. The maximum Gasteiger partial charge on any atom is 0.165 e. The van der Waals surface area contributed by atoms with Crippen molar-refractivity contribution in [1.82, 2.24) is 0 Å². The summed E-state index contributed by atoms with van der Waals surface area (Å²) in [5.74, 6) is 0.238. The van der Waals surface area contributed by atoms with Gasteiger partial charge in [-0.15, -0.1) is 0 Å². The van der Waals surface area contributed by atoms with Gasteiger partial charge in [-0.3, -0.25) is 4.79 Å². The zero-order chi connectivity index (χ0) is 13.9. The van der Waals surface area contributed by atoms with E-state index in [2.05, 4.69) is 20.8 Å². The molecule has 0 atom stereocenters. The van der Waals surface area contributed by atoms with Gasteiger partial charge in [-0.05, 0) is 38.0 Å². The fourth-order valence-corrected chi connectivity index (χ4v) is 1.88. The maximum atomic E-state index is 12.0. The van der Waals surface area contributed by atoms with E-state index in [0.29, 0.717) is 0 Å². The van der Waals surface area contributed by atoms with Crippen LogP contribution in [0.4, 0.5) is 0 Å². The van der Waals surface area contributed by atoms with Crippen molar-refractivity contribution in [3.05, 3.63) is 34.9 Å². The summed E-state index contributed by atoms with van der Waals surface area (Å²) in [6.45, 7) is 10.1. The second-order valence-corrected chi connectivity index (χ2v) is 5.80. The molecule has 0 aliphatic heterocycles. The van der Waals surface area contributed by atoms with Crippen molar-refractivity contribution < 1.29 is 9.53 Å². The average molecular weight is 248 g/mol. The van der Waals surface area contributed by atoms with E-state index >= 15 is 0 Å². The first-order valence-electron chi connectivity index (χ1n) is 6.46. The number of rotatable bonds is 5. The minimum Gasteiger partial charge on any atom is -0.378 e. The summed E-state index contributed by atoms with van der Waals surface area (Å²) < 4.78 is 5.46. The Morgan fingerprint density at radius 3 is 2.44 bits per heavy atom. The van der Waals surface area contributed by atoms with Crippen molar-refractivity contribution in [1.29, 1.82) is 0 Å². The van der Waals surface area contributed by atoms with Gasteiger partial charge in [-0.2, -0.15) is 0 Å². The quantitative estimate of drug-likeness (QED) is 0.741. The monoisotopic (exact) mass is 248 g/mol. The normalized spacial score (nSPS) is 11.9. The summed E-state index contributed by atoms with van der Waals surface area (Å²) in [6.07, 6.45) is 0.814. The summed E-state index contributed by atoms with van der Waals surface area (Å²) in [7, 11) is 1.72. The molecule has 0 aliphatic rings. The summed E-state index contributed by atoms with van der Waals surface area (Å²) in [6, 6.07) is 5.95. The number of ketones is 1. The van der Waals surface area contributed by atoms with Gasteiger partial charge in [0, 0.05) is 25.0 Å². The van der Waals surface area contributed by atoms with Gasteiger partial charge in [0.1, 0.15) is 0 Å². The third kappa shape index (κ3) is 3.67. The van der Waals surface area contributed by atoms with Crippen LogP contribution in [0.2, 0.25) is 0 Å². The van der Waals surface area contributed by atoms with E-state index in [1.807, 2.05) is 32.0 Å². The van der Waals surface area contributed by atoms with Crippen LogP contribution in [-0.2, 0) is 11.2 Å². The molecule has 2 heteroatoms. The lowest BCUT2D eigenvalue weighted by atomic mass is 9.91. The molecule has 1 rings (SSSR count). The number of carbonyl (C=O) groups is 1. The predicted molar refractivity (Wildman–Crippen MR) is 75.1 cm³/mol. The number of Topliss-reactive ketones (excluding diaryl/α,β-unsaturated/α-hetero) is 1. The van der Waals surface area contributed by atoms with Crippen LogP contribution < -0.4 is 0 Å². The molecule has 1 aromatic rings. The maximum absolute atomic E-state index is 12.0. The number of hydrogen-bond donors (Lipinski definition) is 0. The Bertz CT molecular complexity index is 431. The lowest BCUT2D eigenvalue weighted by molar-refractivity contribution is 0.0230. The Labute approximate surface area is 110 Å². The molecule has 100 valence electrons. The molecule has 0 saturated heterocycles. The molecule has 2 nitrogen and oxygen atoms in total. The fraction of sp³-hybridized carbons (Fsp3) is 0.562. The number of benzene rings is 1. The molecule has 0 unspecified atom stereocenters. The van der Waals surface area contributed by atoms with E-state index < -0.39 is 0 Å². The molecule has 0 fully saturated rings. The molecule has 1 aromatic carbocycles. The lowest BCUT2D eigenvalue weighted by Gasteiger charge is -2.24. The Morgan fingerprint density at radius 2 is 1.94 bits per heavy atom. The summed E-state index contributed by atoms with van der Waals surface area (Å²) in [5.41, 5.74) is 3.00. The van der Waals surface area contributed by atoms with Crippen molar-refractivity contribution in [2.75, 3.05) is 7.11 Å². The zero-order valence-electron chi connectivity index (χ0n) is 12.3. The summed E-state index contributed by atoms with van der Waals surface area (Å²) >= 11 is 0. The standard InChI is InChI=1S/C16H24O2/c1-11(2)15(17)13-8-7-12(3)14(9-13)10-16(4,5)18-6/h7-9,11H,10H2,1-6H3. The average Bonchev–Trinajstić information content (AvgIpc) is 2.30. The predicted octanol–water partition coefficient (Wildman–Crippen LogP) is 3.80. The molecule has 0 saturated carbocycles. The van der Waals surface area contributed by atoms with Crippen LogP contribution in [0, 0.1) is 12.8 Å². The van der Waals surface area contributed by atoms with Crippen molar-refractivity contribution in [2.45, 2.75) is 46.6 Å². The SMILES string of the molecule is COC(C)(C)Cc1cc(C(=O)C(C)C)ccc1C. The van der Waals surface area contributed by atoms with Crippen molar-refractivity contribution in [3.63, 3.8) is 0 Å². The highest BCUT2D eigenvalue weighted by molar-refractivity contribution is 5.97. The third-order valence-electron chi connectivity index (χ3n) is 3.33. The second-order valence-electron chi connectivity index (χ2n) is 5.80. The van der Waals surface area contributed by atoms with Crippen LogP contribution in [0.25, 0.3) is 0 Å². The van der Waals surface area contributed by atoms with Crippen LogP contribution in [0.5, 0.6) is 0 Å². The number of hydrogen-bond acceptors (Lipinski definition) is 2. The Morgan fingerprint density at radius 1 is 1.33 bits per heavy atom. The van der Waals surface area contributed by atoms with Gasteiger partial charge in [-0.25, -0.2) is 0 Å². The highest BCUT2D eigenvalue weighted by Crippen LogP contribution is 2.21. The second kappa shape index (κ2) is 5.66. The van der Waals surface area contributed by atoms with Crippen molar-refractivity contribution in [3.8, 4) is 0 Å².